The zero-order chi connectivity index (χ0) is 19.8. The topological polar surface area (TPSA) is 86.0 Å². The third-order valence-electron chi connectivity index (χ3n) is 5.32. The quantitative estimate of drug-likeness (QED) is 0.702. The summed E-state index contributed by atoms with van der Waals surface area (Å²) >= 11 is 0. The highest BCUT2D eigenvalue weighted by atomic mass is 19.1. The first kappa shape index (κ1) is 18.6. The molecule has 3 aromatic rings. The Bertz CT molecular complexity index is 1030. The number of pyridine rings is 1. The van der Waals surface area contributed by atoms with Gasteiger partial charge in [-0.1, -0.05) is 18.2 Å². The van der Waals surface area contributed by atoms with Gasteiger partial charge in [0.25, 0.3) is 0 Å². The van der Waals surface area contributed by atoms with Crippen LogP contribution in [0.2, 0.25) is 0 Å². The van der Waals surface area contributed by atoms with E-state index in [1.807, 2.05) is 19.1 Å². The van der Waals surface area contributed by atoms with Crippen molar-refractivity contribution in [2.45, 2.75) is 45.2 Å². The minimum Gasteiger partial charge on any atom is -0.481 e. The van der Waals surface area contributed by atoms with E-state index in [1.165, 1.54) is 0 Å². The lowest BCUT2D eigenvalue weighted by molar-refractivity contribution is 0.329. The van der Waals surface area contributed by atoms with Crippen molar-refractivity contribution in [2.75, 3.05) is 12.4 Å². The number of fused-ring (bicyclic) bond motifs is 1. The van der Waals surface area contributed by atoms with E-state index in [9.17, 15) is 4.39 Å². The van der Waals surface area contributed by atoms with Crippen molar-refractivity contribution in [3.63, 3.8) is 0 Å². The Balaban J connectivity index is 1.72. The van der Waals surface area contributed by atoms with Gasteiger partial charge in [-0.3, -0.25) is 0 Å². The van der Waals surface area contributed by atoms with Crippen LogP contribution in [0, 0.1) is 19.7 Å². The molecule has 0 bridgehead atoms. The predicted molar refractivity (Wildman–Crippen MR) is 107 cm³/mol. The van der Waals surface area contributed by atoms with Crippen LogP contribution in [0.3, 0.4) is 0 Å². The lowest BCUT2D eigenvalue weighted by atomic mass is 9.76. The molecule has 28 heavy (non-hydrogen) atoms. The Morgan fingerprint density at radius 2 is 2.00 bits per heavy atom. The highest BCUT2D eigenvalue weighted by molar-refractivity contribution is 5.87. The van der Waals surface area contributed by atoms with Gasteiger partial charge in [-0.15, -0.1) is 0 Å². The van der Waals surface area contributed by atoms with E-state index in [0.717, 1.165) is 23.8 Å². The zero-order valence-electron chi connectivity index (χ0n) is 16.3. The average Bonchev–Trinajstić information content (AvgIpc) is 2.65. The fraction of sp³-hybridized carbons (Fsp3) is 0.381. The summed E-state index contributed by atoms with van der Waals surface area (Å²) in [6.07, 6.45) is 1.82. The van der Waals surface area contributed by atoms with E-state index < -0.39 is 0 Å². The van der Waals surface area contributed by atoms with Gasteiger partial charge in [-0.05, 0) is 44.2 Å². The minimum absolute atomic E-state index is 0.200. The SMILES string of the molecule is COc1nc2nc(C)nc(NCc3cccc(C)c3F)c2cc1C1CC(N)C1. The van der Waals surface area contributed by atoms with E-state index in [0.29, 0.717) is 46.8 Å². The number of aryl methyl sites for hydroxylation is 2. The predicted octanol–water partition coefficient (Wildman–Crippen LogP) is 3.61. The smallest absolute Gasteiger partial charge is 0.218 e. The number of halogens is 1. The van der Waals surface area contributed by atoms with Crippen LogP contribution in [0.1, 0.15) is 41.3 Å². The van der Waals surface area contributed by atoms with Crippen molar-refractivity contribution in [1.29, 1.82) is 0 Å². The number of nitrogens with one attached hydrogen (secondary N) is 1. The lowest BCUT2D eigenvalue weighted by Crippen LogP contribution is -2.35. The van der Waals surface area contributed by atoms with Crippen molar-refractivity contribution < 1.29 is 9.13 Å². The largest absolute Gasteiger partial charge is 0.481 e. The lowest BCUT2D eigenvalue weighted by Gasteiger charge is -2.33. The van der Waals surface area contributed by atoms with Gasteiger partial charge >= 0.3 is 0 Å². The number of methoxy groups -OCH3 is 1. The molecular weight excluding hydrogens is 357 g/mol. The third-order valence-corrected chi connectivity index (χ3v) is 5.32. The fourth-order valence-electron chi connectivity index (χ4n) is 3.69. The van der Waals surface area contributed by atoms with E-state index >= 15 is 0 Å². The molecule has 1 aromatic carbocycles. The number of aromatic nitrogens is 3. The molecular formula is C21H24FN5O. The summed E-state index contributed by atoms with van der Waals surface area (Å²) in [6, 6.07) is 7.64. The molecule has 4 rings (SSSR count). The summed E-state index contributed by atoms with van der Waals surface area (Å²) in [5.74, 6) is 1.94. The number of nitrogens with zero attached hydrogens (tertiary/aromatic N) is 3. The molecule has 6 nitrogen and oxygen atoms in total. The number of benzene rings is 1. The molecule has 0 saturated heterocycles. The van der Waals surface area contributed by atoms with Crippen LogP contribution in [-0.4, -0.2) is 28.1 Å². The Morgan fingerprint density at radius 1 is 1.21 bits per heavy atom. The molecule has 1 saturated carbocycles. The van der Waals surface area contributed by atoms with Crippen LogP contribution in [-0.2, 0) is 6.54 Å². The maximum absolute atomic E-state index is 14.3. The van der Waals surface area contributed by atoms with Crippen LogP contribution in [0.15, 0.2) is 24.3 Å². The summed E-state index contributed by atoms with van der Waals surface area (Å²) in [7, 11) is 1.62. The number of hydrogen-bond donors (Lipinski definition) is 2. The Hall–Kier alpha value is -2.80. The number of rotatable bonds is 5. The van der Waals surface area contributed by atoms with E-state index in [1.54, 1.807) is 26.2 Å². The summed E-state index contributed by atoms with van der Waals surface area (Å²) < 4.78 is 19.8. The van der Waals surface area contributed by atoms with Gasteiger partial charge in [0.15, 0.2) is 5.65 Å². The van der Waals surface area contributed by atoms with Crippen molar-refractivity contribution in [2.24, 2.45) is 5.73 Å². The molecule has 0 aliphatic heterocycles. The summed E-state index contributed by atoms with van der Waals surface area (Å²) in [6.45, 7) is 3.90. The van der Waals surface area contributed by atoms with E-state index in [-0.39, 0.29) is 11.9 Å². The molecule has 7 heteroatoms. The van der Waals surface area contributed by atoms with Crippen molar-refractivity contribution in [3.8, 4) is 5.88 Å². The number of hydrogen-bond acceptors (Lipinski definition) is 6. The van der Waals surface area contributed by atoms with Crippen LogP contribution >= 0.6 is 0 Å². The van der Waals surface area contributed by atoms with Crippen LogP contribution in [0.4, 0.5) is 10.2 Å². The third kappa shape index (κ3) is 3.38. The maximum atomic E-state index is 14.3. The van der Waals surface area contributed by atoms with Crippen LogP contribution in [0.5, 0.6) is 5.88 Å². The molecule has 1 aliphatic rings. The average molecular weight is 381 g/mol. The van der Waals surface area contributed by atoms with Gasteiger partial charge in [-0.25, -0.2) is 14.4 Å². The van der Waals surface area contributed by atoms with E-state index in [4.69, 9.17) is 10.5 Å². The molecule has 0 unspecified atom stereocenters. The molecule has 0 atom stereocenters. The minimum atomic E-state index is -0.200. The molecule has 3 N–H and O–H groups in total. The normalized spacial score (nSPS) is 18.8. The Labute approximate surface area is 163 Å². The molecule has 2 heterocycles. The first-order chi connectivity index (χ1) is 13.5. The second-order valence-electron chi connectivity index (χ2n) is 7.41. The van der Waals surface area contributed by atoms with E-state index in [2.05, 4.69) is 20.3 Å². The van der Waals surface area contributed by atoms with Crippen LogP contribution in [0.25, 0.3) is 11.0 Å². The first-order valence-electron chi connectivity index (χ1n) is 9.43. The molecule has 1 aliphatic carbocycles. The summed E-state index contributed by atoms with van der Waals surface area (Å²) in [4.78, 5) is 13.6. The van der Waals surface area contributed by atoms with Crippen molar-refractivity contribution >= 4 is 16.9 Å². The highest BCUT2D eigenvalue weighted by Crippen LogP contribution is 2.41. The van der Waals surface area contributed by atoms with Crippen LogP contribution < -0.4 is 15.8 Å². The molecule has 0 radical (unpaired) electrons. The standard InChI is InChI=1S/C21H24FN5O/c1-11-5-4-6-13(18(11)22)10-24-19-17-9-16(14-7-15(23)8-14)21(28-3)27-20(17)26-12(2)25-19/h4-6,9,14-15H,7-8,10,23H2,1-3H3,(H,24,25,26,27). The van der Waals surface area contributed by atoms with Gasteiger partial charge in [0.2, 0.25) is 5.88 Å². The molecule has 146 valence electrons. The Kier molecular flexibility index (Phi) is 4.85. The first-order valence-corrected chi connectivity index (χ1v) is 9.43. The van der Waals surface area contributed by atoms with Gasteiger partial charge < -0.3 is 15.8 Å². The van der Waals surface area contributed by atoms with Gasteiger partial charge in [0, 0.05) is 23.7 Å². The van der Waals surface area contributed by atoms with Gasteiger partial charge in [-0.2, -0.15) is 4.98 Å². The number of ether oxygens (including phenoxy) is 1. The highest BCUT2D eigenvalue weighted by Gasteiger charge is 2.31. The monoisotopic (exact) mass is 381 g/mol. The Morgan fingerprint density at radius 3 is 2.71 bits per heavy atom. The maximum Gasteiger partial charge on any atom is 0.218 e. The molecule has 1 fully saturated rings. The van der Waals surface area contributed by atoms with Crippen molar-refractivity contribution in [1.82, 2.24) is 15.0 Å². The molecule has 0 amide bonds. The molecule has 0 spiro atoms. The zero-order valence-corrected chi connectivity index (χ0v) is 16.3. The van der Waals surface area contributed by atoms with Crippen molar-refractivity contribution in [3.05, 3.63) is 52.6 Å². The number of anilines is 1. The second-order valence-corrected chi connectivity index (χ2v) is 7.41. The number of nitrogens with two attached hydrogens (primary N) is 1. The second kappa shape index (κ2) is 7.31. The van der Waals surface area contributed by atoms with Gasteiger partial charge in [0.1, 0.15) is 17.5 Å². The molecule has 2 aromatic heterocycles. The van der Waals surface area contributed by atoms with Gasteiger partial charge in [0.05, 0.1) is 12.5 Å². The summed E-state index contributed by atoms with van der Waals surface area (Å²) in [5.41, 5.74) is 8.76. The summed E-state index contributed by atoms with van der Waals surface area (Å²) in [5, 5.41) is 4.07. The fourth-order valence-corrected chi connectivity index (χ4v) is 3.69.